The highest BCUT2D eigenvalue weighted by atomic mass is 35.5. The van der Waals surface area contributed by atoms with E-state index in [4.69, 9.17) is 26.1 Å². The van der Waals surface area contributed by atoms with Crippen molar-refractivity contribution in [3.05, 3.63) is 80.2 Å². The molecule has 13 heteroatoms. The number of ether oxygens (including phenoxy) is 2. The molecule has 2 aromatic heterocycles. The Balaban J connectivity index is 1.22. The third-order valence-electron chi connectivity index (χ3n) is 9.02. The maximum atomic E-state index is 14.7. The topological polar surface area (TPSA) is 108 Å². The average Bonchev–Trinajstić information content (AvgIpc) is 3.72. The summed E-state index contributed by atoms with van der Waals surface area (Å²) in [5, 5.41) is 10.0. The second-order valence-electron chi connectivity index (χ2n) is 13.3. The van der Waals surface area contributed by atoms with Crippen molar-refractivity contribution < 1.29 is 27.8 Å². The molecule has 250 valence electrons. The van der Waals surface area contributed by atoms with Crippen LogP contribution in [0.1, 0.15) is 100 Å². The number of hydrogen-bond donors (Lipinski definition) is 1. The number of halogens is 3. The van der Waals surface area contributed by atoms with E-state index in [9.17, 15) is 18.4 Å². The van der Waals surface area contributed by atoms with Gasteiger partial charge in [-0.2, -0.15) is 5.10 Å². The molecule has 47 heavy (non-hydrogen) atoms. The lowest BCUT2D eigenvalue weighted by molar-refractivity contribution is -0.164. The highest BCUT2D eigenvalue weighted by molar-refractivity contribution is 7.11. The third kappa shape index (κ3) is 6.99. The summed E-state index contributed by atoms with van der Waals surface area (Å²) < 4.78 is 41.8. The van der Waals surface area contributed by atoms with E-state index in [0.717, 1.165) is 37.3 Å². The molecule has 2 aliphatic carbocycles. The monoisotopic (exact) mass is 685 g/mol. The molecule has 3 aromatic rings. The summed E-state index contributed by atoms with van der Waals surface area (Å²) in [6.07, 6.45) is 10.3. The number of hydrogen-bond acceptors (Lipinski definition) is 9. The Morgan fingerprint density at radius 3 is 2.51 bits per heavy atom. The van der Waals surface area contributed by atoms with Gasteiger partial charge in [-0.3, -0.25) is 14.5 Å². The number of allylic oxidation sites excluding steroid dienone is 1. The first-order valence-corrected chi connectivity index (χ1v) is 17.2. The molecule has 9 nitrogen and oxygen atoms in total. The van der Waals surface area contributed by atoms with Crippen molar-refractivity contribution in [1.29, 1.82) is 0 Å². The van der Waals surface area contributed by atoms with E-state index in [1.807, 2.05) is 37.0 Å². The van der Waals surface area contributed by atoms with Crippen molar-refractivity contribution in [1.82, 2.24) is 20.1 Å². The fraction of sp³-hybridized carbons (Fsp3) is 0.500. The van der Waals surface area contributed by atoms with Crippen LogP contribution in [-0.4, -0.2) is 44.7 Å². The van der Waals surface area contributed by atoms with Crippen molar-refractivity contribution in [2.75, 3.05) is 6.61 Å². The molecule has 0 saturated heterocycles. The van der Waals surface area contributed by atoms with E-state index >= 15 is 0 Å². The number of rotatable bonds is 8. The Kier molecular flexibility index (Phi) is 9.53. The highest BCUT2D eigenvalue weighted by Gasteiger charge is 2.40. The standard InChI is InChI=1S/C34H38ClF2N5O4S/c1-5-45-33(44)25-28(40-30(31-38-12-13-47-31)41-29(25)23-10-11-24(36)27(37)26(23)35)19-8-6-18(7-9-19)21-16-39-42(17-21)22-14-20(15-22)32(43)46-34(2,3)4/h10-13,16-20,22,29H,5-9,14-15H2,1-4H3,(H,40,41). The van der Waals surface area contributed by atoms with Crippen LogP contribution >= 0.6 is 22.9 Å². The lowest BCUT2D eigenvalue weighted by Crippen LogP contribution is -2.38. The minimum absolute atomic E-state index is 0.0565. The number of aliphatic imine (C=N–C) groups is 1. The summed E-state index contributed by atoms with van der Waals surface area (Å²) in [6, 6.07) is 1.51. The van der Waals surface area contributed by atoms with E-state index in [1.165, 1.54) is 17.4 Å². The van der Waals surface area contributed by atoms with E-state index in [0.29, 0.717) is 29.4 Å². The molecule has 1 unspecified atom stereocenters. The zero-order valence-corrected chi connectivity index (χ0v) is 28.3. The molecule has 0 amide bonds. The number of carbonyl (C=O) groups is 2. The zero-order chi connectivity index (χ0) is 33.5. The van der Waals surface area contributed by atoms with Gasteiger partial charge in [-0.1, -0.05) is 17.7 Å². The number of thiazole rings is 1. The van der Waals surface area contributed by atoms with Gasteiger partial charge in [0.05, 0.1) is 35.4 Å². The molecule has 6 rings (SSSR count). The van der Waals surface area contributed by atoms with Crippen LogP contribution in [0.5, 0.6) is 0 Å². The molecule has 1 aromatic carbocycles. The Bertz CT molecular complexity index is 1700. The third-order valence-corrected chi connectivity index (χ3v) is 10.2. The van der Waals surface area contributed by atoms with Crippen LogP contribution in [0, 0.1) is 23.5 Å². The fourth-order valence-electron chi connectivity index (χ4n) is 6.61. The van der Waals surface area contributed by atoms with Gasteiger partial charge in [0.15, 0.2) is 22.5 Å². The van der Waals surface area contributed by atoms with Crippen LogP contribution in [0.15, 0.2) is 52.4 Å². The maximum Gasteiger partial charge on any atom is 0.338 e. The molecule has 3 aliphatic rings. The lowest BCUT2D eigenvalue weighted by atomic mass is 9.76. The van der Waals surface area contributed by atoms with Gasteiger partial charge < -0.3 is 14.8 Å². The van der Waals surface area contributed by atoms with Gasteiger partial charge in [-0.15, -0.1) is 11.3 Å². The van der Waals surface area contributed by atoms with E-state index in [1.54, 1.807) is 13.1 Å². The fourth-order valence-corrected chi connectivity index (χ4v) is 7.45. The van der Waals surface area contributed by atoms with Gasteiger partial charge in [-0.25, -0.2) is 18.6 Å². The first-order valence-electron chi connectivity index (χ1n) is 16.0. The molecule has 1 aliphatic heterocycles. The SMILES string of the molecule is CCOC(=O)C1=C(C2CCC(c3cnn(C4CC(C(=O)OC(C)(C)C)C4)c3)CC2)NC(c2nccs2)=NC1c1ccc(F)c(F)c1Cl. The van der Waals surface area contributed by atoms with Crippen LogP contribution in [-0.2, 0) is 19.1 Å². The van der Waals surface area contributed by atoms with Crippen molar-refractivity contribution >= 4 is 40.7 Å². The first kappa shape index (κ1) is 33.3. The Labute approximate surface area is 281 Å². The molecular formula is C34H38ClF2N5O4S. The first-order chi connectivity index (χ1) is 22.4. The highest BCUT2D eigenvalue weighted by Crippen LogP contribution is 2.45. The number of esters is 2. The summed E-state index contributed by atoms with van der Waals surface area (Å²) in [5.41, 5.74) is 1.71. The molecule has 0 radical (unpaired) electrons. The number of nitrogens with one attached hydrogen (secondary N) is 1. The Hall–Kier alpha value is -3.64. The smallest absolute Gasteiger partial charge is 0.338 e. The molecular weight excluding hydrogens is 648 g/mol. The summed E-state index contributed by atoms with van der Waals surface area (Å²) in [7, 11) is 0. The molecule has 3 heterocycles. The van der Waals surface area contributed by atoms with Crippen molar-refractivity contribution in [3.8, 4) is 0 Å². The Morgan fingerprint density at radius 2 is 1.85 bits per heavy atom. The van der Waals surface area contributed by atoms with Gasteiger partial charge in [0.2, 0.25) is 0 Å². The van der Waals surface area contributed by atoms with Gasteiger partial charge in [-0.05, 0) is 89.7 Å². The molecule has 0 spiro atoms. The molecule has 2 fully saturated rings. The number of amidine groups is 1. The second kappa shape index (κ2) is 13.5. The second-order valence-corrected chi connectivity index (χ2v) is 14.6. The number of carbonyl (C=O) groups excluding carboxylic acids is 2. The summed E-state index contributed by atoms with van der Waals surface area (Å²) in [6.45, 7) is 7.48. The Morgan fingerprint density at radius 1 is 1.13 bits per heavy atom. The quantitative estimate of drug-likeness (QED) is 0.194. The van der Waals surface area contributed by atoms with Gasteiger partial charge in [0.1, 0.15) is 11.6 Å². The largest absolute Gasteiger partial charge is 0.463 e. The summed E-state index contributed by atoms with van der Waals surface area (Å²) in [5.74, 6) is -2.46. The number of benzene rings is 1. The van der Waals surface area contributed by atoms with Gasteiger partial charge >= 0.3 is 11.9 Å². The minimum Gasteiger partial charge on any atom is -0.463 e. The van der Waals surface area contributed by atoms with Crippen LogP contribution in [0.4, 0.5) is 8.78 Å². The van der Waals surface area contributed by atoms with Crippen LogP contribution in [0.25, 0.3) is 0 Å². The number of nitrogens with zero attached hydrogens (tertiary/aromatic N) is 4. The average molecular weight is 686 g/mol. The molecule has 1 N–H and O–H groups in total. The van der Waals surface area contributed by atoms with E-state index in [2.05, 4.69) is 21.6 Å². The summed E-state index contributed by atoms with van der Waals surface area (Å²) >= 11 is 7.71. The molecule has 2 saturated carbocycles. The van der Waals surface area contributed by atoms with Crippen LogP contribution < -0.4 is 5.32 Å². The van der Waals surface area contributed by atoms with E-state index < -0.39 is 34.3 Å². The molecule has 0 bridgehead atoms. The van der Waals surface area contributed by atoms with Crippen molar-refractivity contribution in [2.45, 2.75) is 89.8 Å². The molecule has 1 atom stereocenters. The van der Waals surface area contributed by atoms with Gasteiger partial charge in [0, 0.05) is 29.0 Å². The normalized spacial score (nSPS) is 24.7. The zero-order valence-electron chi connectivity index (χ0n) is 26.8. The maximum absolute atomic E-state index is 14.7. The van der Waals surface area contributed by atoms with E-state index in [-0.39, 0.29) is 47.5 Å². The summed E-state index contributed by atoms with van der Waals surface area (Å²) in [4.78, 5) is 35.2. The van der Waals surface area contributed by atoms with Crippen LogP contribution in [0.2, 0.25) is 5.02 Å². The van der Waals surface area contributed by atoms with Crippen LogP contribution in [0.3, 0.4) is 0 Å². The van der Waals surface area contributed by atoms with Crippen molar-refractivity contribution in [2.24, 2.45) is 16.8 Å². The predicted molar refractivity (Wildman–Crippen MR) is 174 cm³/mol. The minimum atomic E-state index is -1.19. The lowest BCUT2D eigenvalue weighted by Gasteiger charge is -2.36. The van der Waals surface area contributed by atoms with Crippen molar-refractivity contribution in [3.63, 3.8) is 0 Å². The number of aromatic nitrogens is 3. The predicted octanol–water partition coefficient (Wildman–Crippen LogP) is 7.45. The van der Waals surface area contributed by atoms with Gasteiger partial charge in [0.25, 0.3) is 0 Å².